The Labute approximate surface area is 129 Å². The van der Waals surface area contributed by atoms with E-state index in [1.807, 2.05) is 18.2 Å². The highest BCUT2D eigenvalue weighted by Gasteiger charge is 2.48. The van der Waals surface area contributed by atoms with Crippen LogP contribution in [0.3, 0.4) is 0 Å². The molecular formula is C16H20N5O+. The Hall–Kier alpha value is -1.73. The molecule has 4 aliphatic heterocycles. The van der Waals surface area contributed by atoms with Gasteiger partial charge >= 0.3 is 0 Å². The van der Waals surface area contributed by atoms with Gasteiger partial charge in [-0.25, -0.2) is 14.7 Å². The molecule has 1 aromatic carbocycles. The van der Waals surface area contributed by atoms with Gasteiger partial charge in [-0.15, -0.1) is 0 Å². The maximum absolute atomic E-state index is 5.64. The second-order valence-corrected chi connectivity index (χ2v) is 6.91. The minimum absolute atomic E-state index is 0.920. The summed E-state index contributed by atoms with van der Waals surface area (Å²) in [6, 6.07) is 12.3. The number of hydrogen-bond donors (Lipinski definition) is 0. The zero-order valence-electron chi connectivity index (χ0n) is 12.6. The molecule has 4 saturated heterocycles. The van der Waals surface area contributed by atoms with Crippen LogP contribution in [0, 0.1) is 0 Å². The summed E-state index contributed by atoms with van der Waals surface area (Å²) in [5.74, 6) is 0.990. The van der Waals surface area contributed by atoms with Gasteiger partial charge in [0.25, 0.3) is 0 Å². The molecule has 0 radical (unpaired) electrons. The number of benzene rings is 1. The second kappa shape index (κ2) is 4.63. The summed E-state index contributed by atoms with van der Waals surface area (Å²) in [4.78, 5) is 7.56. The number of quaternary nitrogens is 1. The summed E-state index contributed by atoms with van der Waals surface area (Å²) >= 11 is 0. The predicted octanol–water partition coefficient (Wildman–Crippen LogP) is 1.35. The Morgan fingerprint density at radius 3 is 2.23 bits per heavy atom. The van der Waals surface area contributed by atoms with Crippen molar-refractivity contribution in [1.29, 1.82) is 0 Å². The molecular weight excluding hydrogens is 278 g/mol. The molecule has 4 bridgehead atoms. The van der Waals surface area contributed by atoms with Crippen LogP contribution in [0.25, 0.3) is 11.3 Å². The molecule has 4 aliphatic rings. The predicted molar refractivity (Wildman–Crippen MR) is 80.6 cm³/mol. The molecule has 4 fully saturated rings. The second-order valence-electron chi connectivity index (χ2n) is 6.91. The average molecular weight is 298 g/mol. The molecule has 0 atom stereocenters. The lowest BCUT2D eigenvalue weighted by atomic mass is 10.1. The van der Waals surface area contributed by atoms with Crippen LogP contribution in [0.2, 0.25) is 0 Å². The normalized spacial score (nSPS) is 35.9. The van der Waals surface area contributed by atoms with Crippen molar-refractivity contribution in [3.05, 3.63) is 42.2 Å². The Bertz CT molecular complexity index is 648. The van der Waals surface area contributed by atoms with E-state index in [9.17, 15) is 0 Å². The molecule has 114 valence electrons. The van der Waals surface area contributed by atoms with E-state index < -0.39 is 0 Å². The first-order chi connectivity index (χ1) is 10.8. The summed E-state index contributed by atoms with van der Waals surface area (Å²) in [5, 5.41) is 4.26. The summed E-state index contributed by atoms with van der Waals surface area (Å²) in [7, 11) is 0. The van der Waals surface area contributed by atoms with Crippen LogP contribution in [0.5, 0.6) is 0 Å². The Morgan fingerprint density at radius 2 is 1.59 bits per heavy atom. The van der Waals surface area contributed by atoms with E-state index in [0.29, 0.717) is 0 Å². The van der Waals surface area contributed by atoms with Crippen molar-refractivity contribution in [3.8, 4) is 11.3 Å². The molecule has 0 unspecified atom stereocenters. The minimum Gasteiger partial charge on any atom is -0.355 e. The summed E-state index contributed by atoms with van der Waals surface area (Å²) < 4.78 is 6.68. The van der Waals surface area contributed by atoms with Gasteiger partial charge in [0.2, 0.25) is 0 Å². The van der Waals surface area contributed by atoms with Gasteiger partial charge in [0.15, 0.2) is 5.76 Å². The van der Waals surface area contributed by atoms with Gasteiger partial charge in [-0.05, 0) is 0 Å². The van der Waals surface area contributed by atoms with Crippen LogP contribution < -0.4 is 0 Å². The maximum atomic E-state index is 5.64. The van der Waals surface area contributed by atoms with Crippen LogP contribution in [0.4, 0.5) is 0 Å². The molecule has 0 saturated carbocycles. The van der Waals surface area contributed by atoms with E-state index in [2.05, 4.69) is 38.1 Å². The van der Waals surface area contributed by atoms with Crippen LogP contribution >= 0.6 is 0 Å². The van der Waals surface area contributed by atoms with E-state index >= 15 is 0 Å². The SMILES string of the molecule is c1ccc(-c2cc(C[N+]34CN5CN(CN(C5)C3)C4)on2)cc1. The monoisotopic (exact) mass is 298 g/mol. The topological polar surface area (TPSA) is 35.8 Å². The first-order valence-electron chi connectivity index (χ1n) is 7.81. The Balaban J connectivity index is 1.39. The van der Waals surface area contributed by atoms with Crippen LogP contribution in [0.15, 0.2) is 40.9 Å². The average Bonchev–Trinajstić information content (AvgIpc) is 2.94. The van der Waals surface area contributed by atoms with Crippen LogP contribution in [-0.4, -0.2) is 64.4 Å². The lowest BCUT2D eigenvalue weighted by molar-refractivity contribution is -0.992. The van der Waals surface area contributed by atoms with Crippen molar-refractivity contribution >= 4 is 0 Å². The lowest BCUT2D eigenvalue weighted by Crippen LogP contribution is -2.78. The van der Waals surface area contributed by atoms with Gasteiger partial charge in [0.05, 0.1) is 20.0 Å². The van der Waals surface area contributed by atoms with Gasteiger partial charge in [0, 0.05) is 11.6 Å². The first kappa shape index (κ1) is 12.8. The fraction of sp³-hybridized carbons (Fsp3) is 0.438. The molecule has 0 N–H and O–H groups in total. The third-order valence-electron chi connectivity index (χ3n) is 4.82. The molecule has 1 aromatic heterocycles. The molecule has 0 aliphatic carbocycles. The molecule has 6 heteroatoms. The molecule has 0 spiro atoms. The van der Waals surface area contributed by atoms with Gasteiger partial charge in [0.1, 0.15) is 32.2 Å². The molecule has 0 amide bonds. The van der Waals surface area contributed by atoms with Crippen molar-refractivity contribution in [1.82, 2.24) is 19.9 Å². The zero-order chi connectivity index (χ0) is 14.6. The maximum Gasteiger partial charge on any atom is 0.191 e. The van der Waals surface area contributed by atoms with E-state index in [4.69, 9.17) is 4.52 Å². The fourth-order valence-corrected chi connectivity index (χ4v) is 4.27. The van der Waals surface area contributed by atoms with Crippen LogP contribution in [-0.2, 0) is 6.54 Å². The van der Waals surface area contributed by atoms with Crippen molar-refractivity contribution in [2.45, 2.75) is 6.54 Å². The highest BCUT2D eigenvalue weighted by molar-refractivity contribution is 5.58. The third-order valence-corrected chi connectivity index (χ3v) is 4.82. The quantitative estimate of drug-likeness (QED) is 0.799. The molecule has 2 aromatic rings. The molecule has 22 heavy (non-hydrogen) atoms. The summed E-state index contributed by atoms with van der Waals surface area (Å²) in [6.07, 6.45) is 0. The number of hydrogen-bond acceptors (Lipinski definition) is 5. The van der Waals surface area contributed by atoms with Gasteiger partial charge in [-0.3, -0.25) is 4.48 Å². The zero-order valence-corrected chi connectivity index (χ0v) is 12.6. The van der Waals surface area contributed by atoms with Crippen molar-refractivity contribution < 1.29 is 9.01 Å². The van der Waals surface area contributed by atoms with Crippen molar-refractivity contribution in [2.75, 3.05) is 40.0 Å². The van der Waals surface area contributed by atoms with Gasteiger partial charge < -0.3 is 4.52 Å². The van der Waals surface area contributed by atoms with Gasteiger partial charge in [-0.2, -0.15) is 0 Å². The first-order valence-corrected chi connectivity index (χ1v) is 7.81. The highest BCUT2D eigenvalue weighted by atomic mass is 16.5. The van der Waals surface area contributed by atoms with Gasteiger partial charge in [-0.1, -0.05) is 35.5 Å². The van der Waals surface area contributed by atoms with Crippen molar-refractivity contribution in [3.63, 3.8) is 0 Å². The van der Waals surface area contributed by atoms with E-state index in [1.165, 1.54) is 0 Å². The van der Waals surface area contributed by atoms with E-state index in [-0.39, 0.29) is 0 Å². The van der Waals surface area contributed by atoms with Crippen molar-refractivity contribution in [2.24, 2.45) is 0 Å². The third kappa shape index (κ3) is 2.07. The fourth-order valence-electron chi connectivity index (χ4n) is 4.27. The lowest BCUT2D eigenvalue weighted by Gasteiger charge is -2.60. The largest absolute Gasteiger partial charge is 0.355 e. The number of rotatable bonds is 3. The molecule has 6 nitrogen and oxygen atoms in total. The Morgan fingerprint density at radius 1 is 0.955 bits per heavy atom. The minimum atomic E-state index is 0.920. The van der Waals surface area contributed by atoms with E-state index in [1.54, 1.807) is 0 Å². The Kier molecular flexibility index (Phi) is 2.69. The standard InChI is InChI=1S/C16H20N5O/c1-2-4-14(5-3-1)16-6-15(22-17-16)7-21-11-18-8-19(12-21)10-20(9-18)13-21/h1-6H,7-13H2/q+1. The summed E-state index contributed by atoms with van der Waals surface area (Å²) in [5.41, 5.74) is 2.05. The number of nitrogens with zero attached hydrogens (tertiary/aromatic N) is 5. The number of aromatic nitrogens is 1. The van der Waals surface area contributed by atoms with Crippen LogP contribution in [0.1, 0.15) is 5.76 Å². The summed E-state index contributed by atoms with van der Waals surface area (Å²) in [6.45, 7) is 7.62. The highest BCUT2D eigenvalue weighted by Crippen LogP contribution is 2.31. The smallest absolute Gasteiger partial charge is 0.191 e. The molecule has 5 heterocycles. The van der Waals surface area contributed by atoms with E-state index in [0.717, 1.165) is 68.1 Å². The molecule has 6 rings (SSSR count).